The van der Waals surface area contributed by atoms with Gasteiger partial charge in [-0.25, -0.2) is 0 Å². The van der Waals surface area contributed by atoms with Gasteiger partial charge in [-0.3, -0.25) is 0 Å². The number of allylic oxidation sites excluding steroid dienone is 10. The molecule has 4 aromatic carbocycles. The second-order valence-electron chi connectivity index (χ2n) is 11.4. The second-order valence-corrected chi connectivity index (χ2v) is 11.4. The Bertz CT molecular complexity index is 2480. The summed E-state index contributed by atoms with van der Waals surface area (Å²) in [5.41, 5.74) is 8.48. The van der Waals surface area contributed by atoms with E-state index in [1.807, 2.05) is 36.4 Å². The van der Waals surface area contributed by atoms with Gasteiger partial charge < -0.3 is 4.42 Å². The lowest BCUT2D eigenvalue weighted by Gasteiger charge is -2.21. The molecule has 2 aliphatic rings. The first-order chi connectivity index (χ1) is 24.8. The molecule has 1 nitrogen and oxygen atoms in total. The predicted octanol–water partition coefficient (Wildman–Crippen LogP) is 11.9. The van der Waals surface area contributed by atoms with Crippen LogP contribution in [0.5, 0.6) is 0 Å². The van der Waals surface area contributed by atoms with Gasteiger partial charge in [-0.05, 0) is 80.6 Å². The Morgan fingerprint density at radius 2 is 1.36 bits per heavy atom. The molecular weight excluding hydrogens is 532 g/mol. The molecule has 0 fully saturated rings. The standard InChI is InChI=1S/C43H36O/c1-5-30-31(6-2)33(21-13-8-7-12-20-32(30)29-18-10-9-11-19-29)34-23-17-27-40-37(34)28-41(44-40)36-24-16-26-39-42(36)35-22-14-15-25-38(35)43(39,3)4/h5-19,22-28H,1-2,20-21H2,3-4H3/b12-7-,13-8-,32-30+,33-31+/i7D,8D,10D,11D,12D,13D,18D,19D. The van der Waals surface area contributed by atoms with Gasteiger partial charge in [-0.2, -0.15) is 0 Å². The Labute approximate surface area is 271 Å². The van der Waals surface area contributed by atoms with Crippen LogP contribution in [0, 0.1) is 0 Å². The van der Waals surface area contributed by atoms with E-state index in [0.717, 1.165) is 28.1 Å². The van der Waals surface area contributed by atoms with E-state index in [-0.39, 0.29) is 65.7 Å². The summed E-state index contributed by atoms with van der Waals surface area (Å²) in [6.07, 6.45) is 2.73. The summed E-state index contributed by atoms with van der Waals surface area (Å²) in [5, 5.41) is 0.753. The molecule has 0 aliphatic heterocycles. The first-order valence-electron chi connectivity index (χ1n) is 18.7. The number of rotatable bonds is 5. The SMILES string of the molecule is [2H]/C1=C([2H])/C([2H])=C(/[2H])C/C(c2cccc3oc(-c4cccc5c4-c4ccccc4C5(C)C)cc23)=C(C=C)\C(C=C)=C(\c2c([2H])c([2H])cc([2H])c2[2H])C1. The Morgan fingerprint density at radius 1 is 0.727 bits per heavy atom. The van der Waals surface area contributed by atoms with Crippen LogP contribution in [0.1, 0.15) is 59.9 Å². The van der Waals surface area contributed by atoms with Crippen molar-refractivity contribution in [2.24, 2.45) is 0 Å². The minimum atomic E-state index is -0.455. The molecule has 5 aromatic rings. The molecular formula is C43H36O. The van der Waals surface area contributed by atoms with E-state index in [9.17, 15) is 0 Å². The summed E-state index contributed by atoms with van der Waals surface area (Å²) < 4.78 is 76.1. The van der Waals surface area contributed by atoms with Crippen LogP contribution < -0.4 is 0 Å². The summed E-state index contributed by atoms with van der Waals surface area (Å²) in [5.74, 6) is 0.665. The van der Waals surface area contributed by atoms with Gasteiger partial charge in [0.05, 0.1) is 11.0 Å². The lowest BCUT2D eigenvalue weighted by molar-refractivity contribution is 0.631. The van der Waals surface area contributed by atoms with Gasteiger partial charge >= 0.3 is 0 Å². The number of hydrogen-bond donors (Lipinski definition) is 0. The average molecular weight is 577 g/mol. The number of fused-ring (bicyclic) bond motifs is 4. The predicted molar refractivity (Wildman–Crippen MR) is 187 cm³/mol. The third-order valence-corrected chi connectivity index (χ3v) is 8.72. The van der Waals surface area contributed by atoms with Crippen molar-refractivity contribution in [1.82, 2.24) is 0 Å². The molecule has 0 saturated carbocycles. The maximum atomic E-state index is 8.96. The van der Waals surface area contributed by atoms with E-state index >= 15 is 0 Å². The van der Waals surface area contributed by atoms with Gasteiger partial charge in [0.15, 0.2) is 0 Å². The van der Waals surface area contributed by atoms with Gasteiger partial charge in [-0.15, -0.1) is 0 Å². The molecule has 0 N–H and O–H groups in total. The summed E-state index contributed by atoms with van der Waals surface area (Å²) >= 11 is 0. The third kappa shape index (κ3) is 4.48. The number of furan rings is 1. The topological polar surface area (TPSA) is 13.1 Å². The van der Waals surface area contributed by atoms with Gasteiger partial charge in [0, 0.05) is 16.4 Å². The van der Waals surface area contributed by atoms with Gasteiger partial charge in [0.1, 0.15) is 11.3 Å². The van der Waals surface area contributed by atoms with Crippen molar-refractivity contribution in [3.05, 3.63) is 180 Å². The normalized spacial score (nSPS) is 25.8. The van der Waals surface area contributed by atoms with E-state index < -0.39 is 12.1 Å². The zero-order valence-corrected chi connectivity index (χ0v) is 24.8. The van der Waals surface area contributed by atoms with Crippen LogP contribution in [0.15, 0.2) is 162 Å². The molecule has 1 heterocycles. The van der Waals surface area contributed by atoms with Crippen molar-refractivity contribution in [2.45, 2.75) is 32.1 Å². The molecule has 1 aromatic heterocycles. The minimum absolute atomic E-state index is 0.0178. The lowest BCUT2D eigenvalue weighted by Crippen LogP contribution is -2.14. The number of benzene rings is 4. The third-order valence-electron chi connectivity index (χ3n) is 8.72. The van der Waals surface area contributed by atoms with E-state index in [4.69, 9.17) is 15.4 Å². The van der Waals surface area contributed by atoms with E-state index in [1.165, 1.54) is 17.2 Å². The molecule has 0 unspecified atom stereocenters. The Kier molecular flexibility index (Phi) is 5.06. The minimum Gasteiger partial charge on any atom is -0.456 e. The number of hydrogen-bond acceptors (Lipinski definition) is 1. The maximum absolute atomic E-state index is 8.96. The van der Waals surface area contributed by atoms with Crippen LogP contribution in [0.4, 0.5) is 0 Å². The fourth-order valence-corrected chi connectivity index (χ4v) is 6.65. The summed E-state index contributed by atoms with van der Waals surface area (Å²) in [4.78, 5) is 0. The highest BCUT2D eigenvalue weighted by atomic mass is 16.3. The van der Waals surface area contributed by atoms with Gasteiger partial charge in [0.2, 0.25) is 0 Å². The quantitative estimate of drug-likeness (QED) is 0.203. The van der Waals surface area contributed by atoms with Crippen LogP contribution in [0.25, 0.3) is 44.6 Å². The van der Waals surface area contributed by atoms with Crippen LogP contribution in [0.3, 0.4) is 0 Å². The molecule has 0 amide bonds. The highest BCUT2D eigenvalue weighted by Crippen LogP contribution is 2.52. The van der Waals surface area contributed by atoms with Crippen molar-refractivity contribution in [3.8, 4) is 22.5 Å². The monoisotopic (exact) mass is 576 g/mol. The zero-order valence-electron chi connectivity index (χ0n) is 32.8. The molecule has 7 rings (SSSR count). The maximum Gasteiger partial charge on any atom is 0.136 e. The molecule has 44 heavy (non-hydrogen) atoms. The first-order valence-corrected chi connectivity index (χ1v) is 14.7. The molecule has 2 aliphatic carbocycles. The van der Waals surface area contributed by atoms with E-state index in [0.29, 0.717) is 33.6 Å². The molecule has 214 valence electrons. The van der Waals surface area contributed by atoms with Crippen LogP contribution >= 0.6 is 0 Å². The van der Waals surface area contributed by atoms with Crippen LogP contribution in [0.2, 0.25) is 0 Å². The molecule has 0 radical (unpaired) electrons. The lowest BCUT2D eigenvalue weighted by atomic mass is 9.82. The van der Waals surface area contributed by atoms with Crippen molar-refractivity contribution in [1.29, 1.82) is 0 Å². The molecule has 0 bridgehead atoms. The highest BCUT2D eigenvalue weighted by molar-refractivity contribution is 5.99. The molecule has 0 spiro atoms. The van der Waals surface area contributed by atoms with Crippen molar-refractivity contribution in [3.63, 3.8) is 0 Å². The first kappa shape index (κ1) is 19.9. The van der Waals surface area contributed by atoms with Crippen molar-refractivity contribution >= 4 is 22.1 Å². The summed E-state index contributed by atoms with van der Waals surface area (Å²) in [7, 11) is 0. The van der Waals surface area contributed by atoms with Crippen molar-refractivity contribution < 1.29 is 15.4 Å². The smallest absolute Gasteiger partial charge is 0.136 e. The van der Waals surface area contributed by atoms with Crippen LogP contribution in [-0.2, 0) is 5.41 Å². The largest absolute Gasteiger partial charge is 0.456 e. The van der Waals surface area contributed by atoms with E-state index in [1.54, 1.807) is 6.08 Å². The van der Waals surface area contributed by atoms with E-state index in [2.05, 4.69) is 57.3 Å². The Balaban J connectivity index is 1.53. The molecule has 0 atom stereocenters. The van der Waals surface area contributed by atoms with Gasteiger partial charge in [0.25, 0.3) is 0 Å². The fourth-order valence-electron chi connectivity index (χ4n) is 6.65. The average Bonchev–Trinajstić information content (AvgIpc) is 3.67. The summed E-state index contributed by atoms with van der Waals surface area (Å²) in [6.45, 7) is 12.7. The molecule has 0 saturated heterocycles. The Morgan fingerprint density at radius 3 is 2.14 bits per heavy atom. The second kappa shape index (κ2) is 11.2. The zero-order chi connectivity index (χ0) is 37.2. The Hall–Kier alpha value is -5.14. The van der Waals surface area contributed by atoms with Crippen LogP contribution in [-0.4, -0.2) is 0 Å². The van der Waals surface area contributed by atoms with Crippen molar-refractivity contribution in [2.75, 3.05) is 0 Å². The highest BCUT2D eigenvalue weighted by Gasteiger charge is 2.37. The fraction of sp³-hybridized carbons (Fsp3) is 0.116. The molecule has 1 heteroatoms. The summed E-state index contributed by atoms with van der Waals surface area (Å²) in [6, 6.07) is 21.1. The van der Waals surface area contributed by atoms with Gasteiger partial charge in [-0.1, -0.05) is 148 Å².